The highest BCUT2D eigenvalue weighted by molar-refractivity contribution is 7.13. The van der Waals surface area contributed by atoms with Gasteiger partial charge in [-0.25, -0.2) is 4.98 Å². The Bertz CT molecular complexity index is 811. The number of rotatable bonds is 5. The van der Waals surface area contributed by atoms with Crippen LogP contribution in [0.25, 0.3) is 10.6 Å². The van der Waals surface area contributed by atoms with Gasteiger partial charge < -0.3 is 15.1 Å². The molecule has 0 aliphatic heterocycles. The minimum absolute atomic E-state index is 0.297. The fourth-order valence-corrected chi connectivity index (χ4v) is 2.70. The van der Waals surface area contributed by atoms with E-state index in [1.54, 1.807) is 36.6 Å². The van der Waals surface area contributed by atoms with Crippen molar-refractivity contribution in [2.24, 2.45) is 0 Å². The molecule has 0 saturated carbocycles. The molecule has 0 aliphatic rings. The molecule has 0 fully saturated rings. The van der Waals surface area contributed by atoms with E-state index >= 15 is 0 Å². The van der Waals surface area contributed by atoms with Crippen molar-refractivity contribution in [2.75, 3.05) is 5.32 Å². The molecule has 0 bridgehead atoms. The summed E-state index contributed by atoms with van der Waals surface area (Å²) in [5, 5.41) is 8.22. The summed E-state index contributed by atoms with van der Waals surface area (Å²) in [4.78, 5) is 28.3. The van der Waals surface area contributed by atoms with Gasteiger partial charge in [-0.3, -0.25) is 9.59 Å². The summed E-state index contributed by atoms with van der Waals surface area (Å²) in [6.45, 7) is 1.62. The number of carbonyl (C=O) groups excluding carboxylic acids is 2. The highest BCUT2D eigenvalue weighted by Gasteiger charge is 2.17. The number of thiazole rings is 1. The third-order valence-corrected chi connectivity index (χ3v) is 4.18. The van der Waals surface area contributed by atoms with Crippen molar-refractivity contribution >= 4 is 28.8 Å². The number of carbonyl (C=O) groups is 2. The zero-order valence-electron chi connectivity index (χ0n) is 12.9. The monoisotopic (exact) mass is 341 g/mol. The highest BCUT2D eigenvalue weighted by atomic mass is 32.1. The van der Waals surface area contributed by atoms with Crippen molar-refractivity contribution in [3.8, 4) is 10.6 Å². The lowest BCUT2D eigenvalue weighted by molar-refractivity contribution is -0.117. The Morgan fingerprint density at radius 1 is 1.21 bits per heavy atom. The average Bonchev–Trinajstić information content (AvgIpc) is 3.29. The Hall–Kier alpha value is -2.93. The molecular formula is C17H15N3O3S. The number of aromatic nitrogens is 1. The summed E-state index contributed by atoms with van der Waals surface area (Å²) in [7, 11) is 0. The van der Waals surface area contributed by atoms with Crippen LogP contribution in [0.3, 0.4) is 0 Å². The Morgan fingerprint density at radius 3 is 2.62 bits per heavy atom. The van der Waals surface area contributed by atoms with Gasteiger partial charge >= 0.3 is 0 Å². The van der Waals surface area contributed by atoms with Crippen molar-refractivity contribution in [2.45, 2.75) is 13.0 Å². The SMILES string of the molecule is CC(NC(=O)c1ccoc1)C(=O)Nc1ccc(-c2nccs2)cc1. The molecule has 1 aromatic carbocycles. The lowest BCUT2D eigenvalue weighted by atomic mass is 10.2. The summed E-state index contributed by atoms with van der Waals surface area (Å²) >= 11 is 1.55. The molecule has 3 rings (SSSR count). The molecule has 0 spiro atoms. The predicted octanol–water partition coefficient (Wildman–Crippen LogP) is 3.16. The first kappa shape index (κ1) is 15.9. The molecule has 6 nitrogen and oxygen atoms in total. The first-order valence-corrected chi connectivity index (χ1v) is 8.15. The zero-order chi connectivity index (χ0) is 16.9. The molecule has 0 saturated heterocycles. The molecule has 7 heteroatoms. The van der Waals surface area contributed by atoms with Crippen molar-refractivity contribution in [1.82, 2.24) is 10.3 Å². The Balaban J connectivity index is 1.59. The summed E-state index contributed by atoms with van der Waals surface area (Å²) in [6.07, 6.45) is 4.49. The van der Waals surface area contributed by atoms with Gasteiger partial charge in [0.1, 0.15) is 17.3 Å². The molecule has 3 aromatic rings. The van der Waals surface area contributed by atoms with Crippen LogP contribution in [0.15, 0.2) is 58.9 Å². The molecule has 122 valence electrons. The standard InChI is InChI=1S/C17H15N3O3S/c1-11(19-16(22)13-6-8-23-10-13)15(21)20-14-4-2-12(3-5-14)17-18-7-9-24-17/h2-11H,1H3,(H,19,22)(H,20,21). The number of amides is 2. The van der Waals surface area contributed by atoms with E-state index in [0.29, 0.717) is 11.3 Å². The van der Waals surface area contributed by atoms with E-state index < -0.39 is 6.04 Å². The molecule has 1 unspecified atom stereocenters. The normalized spacial score (nSPS) is 11.7. The quantitative estimate of drug-likeness (QED) is 0.746. The van der Waals surface area contributed by atoms with E-state index in [1.165, 1.54) is 18.6 Å². The van der Waals surface area contributed by atoms with Gasteiger partial charge in [0.15, 0.2) is 0 Å². The van der Waals surface area contributed by atoms with Gasteiger partial charge in [0, 0.05) is 22.8 Å². The highest BCUT2D eigenvalue weighted by Crippen LogP contribution is 2.23. The largest absolute Gasteiger partial charge is 0.472 e. The van der Waals surface area contributed by atoms with Crippen LogP contribution in [-0.4, -0.2) is 22.8 Å². The van der Waals surface area contributed by atoms with Crippen LogP contribution in [0.4, 0.5) is 5.69 Å². The second kappa shape index (κ2) is 7.10. The van der Waals surface area contributed by atoms with E-state index in [0.717, 1.165) is 10.6 Å². The van der Waals surface area contributed by atoms with Crippen LogP contribution < -0.4 is 10.6 Å². The summed E-state index contributed by atoms with van der Waals surface area (Å²) in [6, 6.07) is 8.26. The van der Waals surface area contributed by atoms with E-state index in [1.807, 2.05) is 17.5 Å². The van der Waals surface area contributed by atoms with Crippen molar-refractivity contribution in [3.05, 3.63) is 60.0 Å². The number of furan rings is 1. The van der Waals surface area contributed by atoms with Gasteiger partial charge in [-0.05, 0) is 37.3 Å². The lowest BCUT2D eigenvalue weighted by Crippen LogP contribution is -2.41. The van der Waals surface area contributed by atoms with E-state index in [9.17, 15) is 9.59 Å². The summed E-state index contributed by atoms with van der Waals surface area (Å²) in [5.74, 6) is -0.653. The zero-order valence-corrected chi connectivity index (χ0v) is 13.7. The topological polar surface area (TPSA) is 84.2 Å². The van der Waals surface area contributed by atoms with Crippen LogP contribution in [0.5, 0.6) is 0 Å². The molecule has 2 aromatic heterocycles. The minimum Gasteiger partial charge on any atom is -0.472 e. The van der Waals surface area contributed by atoms with Gasteiger partial charge in [-0.2, -0.15) is 0 Å². The fraction of sp³-hybridized carbons (Fsp3) is 0.118. The predicted molar refractivity (Wildman–Crippen MR) is 91.8 cm³/mol. The van der Waals surface area contributed by atoms with Crippen molar-refractivity contribution in [3.63, 3.8) is 0 Å². The van der Waals surface area contributed by atoms with Gasteiger partial charge in [0.25, 0.3) is 5.91 Å². The molecular weight excluding hydrogens is 326 g/mol. The van der Waals surface area contributed by atoms with Gasteiger partial charge in [-0.1, -0.05) is 0 Å². The summed E-state index contributed by atoms with van der Waals surface area (Å²) < 4.78 is 4.85. The maximum absolute atomic E-state index is 12.2. The maximum Gasteiger partial charge on any atom is 0.255 e. The first-order valence-electron chi connectivity index (χ1n) is 7.27. The van der Waals surface area contributed by atoms with Crippen LogP contribution >= 0.6 is 11.3 Å². The van der Waals surface area contributed by atoms with Gasteiger partial charge in [0.2, 0.25) is 5.91 Å². The second-order valence-corrected chi connectivity index (χ2v) is 6.01. The minimum atomic E-state index is -0.675. The van der Waals surface area contributed by atoms with Crippen LogP contribution in [-0.2, 0) is 4.79 Å². The van der Waals surface area contributed by atoms with Crippen LogP contribution in [0.1, 0.15) is 17.3 Å². The van der Waals surface area contributed by atoms with Crippen LogP contribution in [0, 0.1) is 0 Å². The first-order chi connectivity index (χ1) is 11.6. The van der Waals surface area contributed by atoms with E-state index in [4.69, 9.17) is 4.42 Å². The molecule has 0 aliphatic carbocycles. The molecule has 2 amide bonds. The number of hydrogen-bond acceptors (Lipinski definition) is 5. The Morgan fingerprint density at radius 2 is 2.00 bits per heavy atom. The molecule has 0 radical (unpaired) electrons. The summed E-state index contributed by atoms with van der Waals surface area (Å²) in [5.41, 5.74) is 2.02. The smallest absolute Gasteiger partial charge is 0.255 e. The van der Waals surface area contributed by atoms with E-state index in [-0.39, 0.29) is 11.8 Å². The Labute approximate surface area is 142 Å². The van der Waals surface area contributed by atoms with Crippen LogP contribution in [0.2, 0.25) is 0 Å². The average molecular weight is 341 g/mol. The number of benzene rings is 1. The fourth-order valence-electron chi connectivity index (χ4n) is 2.05. The van der Waals surface area contributed by atoms with Crippen molar-refractivity contribution in [1.29, 1.82) is 0 Å². The molecule has 24 heavy (non-hydrogen) atoms. The van der Waals surface area contributed by atoms with E-state index in [2.05, 4.69) is 15.6 Å². The van der Waals surface area contributed by atoms with Crippen molar-refractivity contribution < 1.29 is 14.0 Å². The number of nitrogens with zero attached hydrogens (tertiary/aromatic N) is 1. The van der Waals surface area contributed by atoms with Gasteiger partial charge in [-0.15, -0.1) is 11.3 Å². The molecule has 2 N–H and O–H groups in total. The third kappa shape index (κ3) is 3.69. The Kier molecular flexibility index (Phi) is 4.72. The lowest BCUT2D eigenvalue weighted by Gasteiger charge is -2.13. The molecule has 1 atom stereocenters. The van der Waals surface area contributed by atoms with Gasteiger partial charge in [0.05, 0.1) is 11.8 Å². The number of anilines is 1. The second-order valence-electron chi connectivity index (χ2n) is 5.11. The maximum atomic E-state index is 12.2. The number of nitrogens with one attached hydrogen (secondary N) is 2. The number of hydrogen-bond donors (Lipinski definition) is 2. The molecule has 2 heterocycles. The third-order valence-electron chi connectivity index (χ3n) is 3.36.